The Morgan fingerprint density at radius 1 is 1.10 bits per heavy atom. The fourth-order valence-corrected chi connectivity index (χ4v) is 2.40. The Balaban J connectivity index is 1.82. The van der Waals surface area contributed by atoms with E-state index in [1.54, 1.807) is 24.3 Å². The molecule has 1 aromatic rings. The number of nitrogens with zero attached hydrogens (tertiary/aromatic N) is 1. The Morgan fingerprint density at radius 3 is 2.35 bits per heavy atom. The molecule has 20 heavy (non-hydrogen) atoms. The lowest BCUT2D eigenvalue weighted by atomic mass is 10.1. The van der Waals surface area contributed by atoms with Crippen molar-refractivity contribution in [2.24, 2.45) is 0 Å². The van der Waals surface area contributed by atoms with Crippen molar-refractivity contribution in [2.45, 2.75) is 25.7 Å². The highest BCUT2D eigenvalue weighted by atomic mass is 16.4. The summed E-state index contributed by atoms with van der Waals surface area (Å²) in [7, 11) is 0. The van der Waals surface area contributed by atoms with E-state index in [1.165, 1.54) is 6.42 Å². The van der Waals surface area contributed by atoms with Crippen LogP contribution in [0.5, 0.6) is 0 Å². The highest BCUT2D eigenvalue weighted by molar-refractivity contribution is 5.92. The quantitative estimate of drug-likeness (QED) is 0.859. The van der Waals surface area contributed by atoms with Crippen LogP contribution in [0.15, 0.2) is 24.3 Å². The lowest BCUT2D eigenvalue weighted by Gasteiger charge is -2.25. The number of hydrogen-bond donors (Lipinski definition) is 2. The average molecular weight is 276 g/mol. The number of carboxylic acid groups (broad SMARTS) is 1. The second-order valence-electron chi connectivity index (χ2n) is 5.15. The molecule has 1 aliphatic rings. The van der Waals surface area contributed by atoms with Crippen LogP contribution < -0.4 is 5.32 Å². The van der Waals surface area contributed by atoms with Crippen molar-refractivity contribution in [2.75, 3.05) is 25.0 Å². The van der Waals surface area contributed by atoms with Gasteiger partial charge in [-0.1, -0.05) is 18.6 Å². The highest BCUT2D eigenvalue weighted by Gasteiger charge is 2.13. The van der Waals surface area contributed by atoms with Crippen LogP contribution in [0.3, 0.4) is 0 Å². The van der Waals surface area contributed by atoms with Crippen molar-refractivity contribution in [1.29, 1.82) is 0 Å². The number of carboxylic acids is 1. The van der Waals surface area contributed by atoms with Crippen molar-refractivity contribution in [3.63, 3.8) is 0 Å². The predicted octanol–water partition coefficient (Wildman–Crippen LogP) is 1.74. The van der Waals surface area contributed by atoms with E-state index >= 15 is 0 Å². The van der Waals surface area contributed by atoms with Gasteiger partial charge in [-0.15, -0.1) is 0 Å². The van der Waals surface area contributed by atoms with Crippen LogP contribution in [-0.2, 0) is 16.0 Å². The highest BCUT2D eigenvalue weighted by Crippen LogP contribution is 2.11. The molecule has 1 aliphatic heterocycles. The van der Waals surface area contributed by atoms with Gasteiger partial charge in [-0.05, 0) is 43.6 Å². The molecule has 5 nitrogen and oxygen atoms in total. The van der Waals surface area contributed by atoms with E-state index in [2.05, 4.69) is 10.2 Å². The Hall–Kier alpha value is -1.88. The first-order valence-electron chi connectivity index (χ1n) is 6.96. The molecule has 1 aromatic carbocycles. The number of likely N-dealkylation sites (tertiary alicyclic amines) is 1. The summed E-state index contributed by atoms with van der Waals surface area (Å²) >= 11 is 0. The Morgan fingerprint density at radius 2 is 1.75 bits per heavy atom. The Kier molecular flexibility index (Phi) is 5.12. The van der Waals surface area contributed by atoms with Crippen molar-refractivity contribution in [3.8, 4) is 0 Å². The summed E-state index contributed by atoms with van der Waals surface area (Å²) in [6.45, 7) is 2.41. The number of carbonyl (C=O) groups excluding carboxylic acids is 1. The van der Waals surface area contributed by atoms with Gasteiger partial charge in [0.25, 0.3) is 0 Å². The lowest BCUT2D eigenvalue weighted by molar-refractivity contribution is -0.136. The second kappa shape index (κ2) is 7.05. The number of benzene rings is 1. The first kappa shape index (κ1) is 14.5. The molecule has 0 saturated carbocycles. The molecule has 1 heterocycles. The van der Waals surface area contributed by atoms with E-state index in [9.17, 15) is 9.59 Å². The van der Waals surface area contributed by atoms with Crippen molar-refractivity contribution < 1.29 is 14.7 Å². The van der Waals surface area contributed by atoms with E-state index in [1.807, 2.05) is 0 Å². The minimum Gasteiger partial charge on any atom is -0.481 e. The zero-order valence-corrected chi connectivity index (χ0v) is 11.5. The fourth-order valence-electron chi connectivity index (χ4n) is 2.40. The Bertz CT molecular complexity index is 465. The van der Waals surface area contributed by atoms with E-state index in [0.717, 1.165) is 31.5 Å². The van der Waals surface area contributed by atoms with Crippen LogP contribution in [-0.4, -0.2) is 41.5 Å². The van der Waals surface area contributed by atoms with Gasteiger partial charge in [-0.25, -0.2) is 0 Å². The zero-order chi connectivity index (χ0) is 14.4. The summed E-state index contributed by atoms with van der Waals surface area (Å²) in [5.41, 5.74) is 1.44. The standard InChI is InChI=1S/C15H20N2O3/c18-14(11-17-8-2-1-3-9-17)16-13-6-4-12(5-7-13)10-15(19)20/h4-7H,1-3,8-11H2,(H,16,18)(H,19,20). The number of rotatable bonds is 5. The van der Waals surface area contributed by atoms with Gasteiger partial charge in [0.05, 0.1) is 13.0 Å². The molecule has 108 valence electrons. The number of nitrogens with one attached hydrogen (secondary N) is 1. The molecule has 2 N–H and O–H groups in total. The van der Waals surface area contributed by atoms with Gasteiger partial charge in [-0.3, -0.25) is 14.5 Å². The predicted molar refractivity (Wildman–Crippen MR) is 76.7 cm³/mol. The topological polar surface area (TPSA) is 69.6 Å². The van der Waals surface area contributed by atoms with Gasteiger partial charge in [0.2, 0.25) is 5.91 Å². The van der Waals surface area contributed by atoms with Gasteiger partial charge < -0.3 is 10.4 Å². The van der Waals surface area contributed by atoms with Gasteiger partial charge in [0.15, 0.2) is 0 Å². The van der Waals surface area contributed by atoms with Gasteiger partial charge in [0, 0.05) is 5.69 Å². The van der Waals surface area contributed by atoms with Gasteiger partial charge in [-0.2, -0.15) is 0 Å². The van der Waals surface area contributed by atoms with E-state index in [-0.39, 0.29) is 12.3 Å². The van der Waals surface area contributed by atoms with Crippen LogP contribution in [0.1, 0.15) is 24.8 Å². The summed E-state index contributed by atoms with van der Waals surface area (Å²) in [5, 5.41) is 11.5. The van der Waals surface area contributed by atoms with E-state index < -0.39 is 5.97 Å². The first-order valence-corrected chi connectivity index (χ1v) is 6.96. The molecule has 0 aliphatic carbocycles. The van der Waals surface area contributed by atoms with Gasteiger partial charge in [0.1, 0.15) is 0 Å². The number of carbonyl (C=O) groups is 2. The normalized spacial score (nSPS) is 15.8. The third kappa shape index (κ3) is 4.66. The van der Waals surface area contributed by atoms with Crippen LogP contribution in [0.2, 0.25) is 0 Å². The molecular weight excluding hydrogens is 256 g/mol. The summed E-state index contributed by atoms with van der Waals surface area (Å²) in [6, 6.07) is 6.94. The Labute approximate surface area is 118 Å². The maximum absolute atomic E-state index is 11.9. The zero-order valence-electron chi connectivity index (χ0n) is 11.5. The SMILES string of the molecule is O=C(O)Cc1ccc(NC(=O)CN2CCCCC2)cc1. The molecule has 2 rings (SSSR count). The number of anilines is 1. The van der Waals surface area contributed by atoms with Crippen LogP contribution in [0.25, 0.3) is 0 Å². The molecule has 0 bridgehead atoms. The number of piperidine rings is 1. The molecular formula is C15H20N2O3. The van der Waals surface area contributed by atoms with E-state index in [0.29, 0.717) is 12.2 Å². The molecule has 1 fully saturated rings. The smallest absolute Gasteiger partial charge is 0.307 e. The number of aliphatic carboxylic acids is 1. The molecule has 1 amide bonds. The number of amides is 1. The van der Waals surface area contributed by atoms with Crippen LogP contribution in [0.4, 0.5) is 5.69 Å². The fraction of sp³-hybridized carbons (Fsp3) is 0.467. The summed E-state index contributed by atoms with van der Waals surface area (Å²) in [5.74, 6) is -0.871. The first-order chi connectivity index (χ1) is 9.63. The molecule has 5 heteroatoms. The molecule has 0 unspecified atom stereocenters. The monoisotopic (exact) mass is 276 g/mol. The minimum atomic E-state index is -0.855. The maximum Gasteiger partial charge on any atom is 0.307 e. The minimum absolute atomic E-state index is 0.00199. The number of hydrogen-bond acceptors (Lipinski definition) is 3. The summed E-state index contributed by atoms with van der Waals surface area (Å²) in [4.78, 5) is 24.6. The van der Waals surface area contributed by atoms with Crippen molar-refractivity contribution in [3.05, 3.63) is 29.8 Å². The van der Waals surface area contributed by atoms with E-state index in [4.69, 9.17) is 5.11 Å². The largest absolute Gasteiger partial charge is 0.481 e. The lowest BCUT2D eigenvalue weighted by Crippen LogP contribution is -2.36. The summed E-state index contributed by atoms with van der Waals surface area (Å²) in [6.07, 6.45) is 3.58. The van der Waals surface area contributed by atoms with Crippen LogP contribution >= 0.6 is 0 Å². The average Bonchev–Trinajstić information content (AvgIpc) is 2.41. The molecule has 1 saturated heterocycles. The third-order valence-electron chi connectivity index (χ3n) is 3.41. The molecule has 0 spiro atoms. The third-order valence-corrected chi connectivity index (χ3v) is 3.41. The van der Waals surface area contributed by atoms with Gasteiger partial charge >= 0.3 is 5.97 Å². The van der Waals surface area contributed by atoms with Crippen LogP contribution in [0, 0.1) is 0 Å². The van der Waals surface area contributed by atoms with Crippen molar-refractivity contribution >= 4 is 17.6 Å². The van der Waals surface area contributed by atoms with Crippen molar-refractivity contribution in [1.82, 2.24) is 4.90 Å². The molecule has 0 atom stereocenters. The second-order valence-corrected chi connectivity index (χ2v) is 5.15. The molecule has 0 aromatic heterocycles. The summed E-state index contributed by atoms with van der Waals surface area (Å²) < 4.78 is 0. The molecule has 0 radical (unpaired) electrons. The maximum atomic E-state index is 11.9.